The minimum atomic E-state index is 0.293. The van der Waals surface area contributed by atoms with Crippen LogP contribution in [0.15, 0.2) is 0 Å². The highest BCUT2D eigenvalue weighted by molar-refractivity contribution is 6.31. The molecule has 0 heterocycles. The molecule has 3 aliphatic carbocycles. The van der Waals surface area contributed by atoms with Crippen LogP contribution in [0.25, 0.3) is 0 Å². The zero-order valence-electron chi connectivity index (χ0n) is 4.48. The van der Waals surface area contributed by atoms with Crippen molar-refractivity contribution < 1.29 is 0 Å². The molecule has 0 N–H and O–H groups in total. The van der Waals surface area contributed by atoms with Crippen LogP contribution in [0.3, 0.4) is 0 Å². The van der Waals surface area contributed by atoms with Crippen molar-refractivity contribution in [1.29, 1.82) is 0 Å². The molecule has 2 bridgehead atoms. The molecule has 3 fully saturated rings. The summed E-state index contributed by atoms with van der Waals surface area (Å²) in [6, 6.07) is 0. The Morgan fingerprint density at radius 3 is 1.38 bits per heavy atom. The van der Waals surface area contributed by atoms with Gasteiger partial charge in [0.15, 0.2) is 0 Å². The number of hydrogen-bond donors (Lipinski definition) is 0. The molecule has 0 radical (unpaired) electrons. The molecule has 2 atom stereocenters. The van der Waals surface area contributed by atoms with Crippen molar-refractivity contribution in [3.05, 3.63) is 0 Å². The first-order chi connectivity index (χ1) is 3.79. The molecule has 0 aliphatic heterocycles. The zero-order chi connectivity index (χ0) is 5.72. The Morgan fingerprint density at radius 1 is 0.875 bits per heavy atom. The van der Waals surface area contributed by atoms with Crippen molar-refractivity contribution in [2.24, 2.45) is 11.8 Å². The van der Waals surface area contributed by atoms with Gasteiger partial charge in [-0.15, -0.1) is 23.2 Å². The van der Waals surface area contributed by atoms with Crippen molar-refractivity contribution >= 4 is 23.2 Å². The van der Waals surface area contributed by atoms with E-state index in [9.17, 15) is 0 Å². The van der Waals surface area contributed by atoms with E-state index in [1.165, 1.54) is 12.8 Å². The fraction of sp³-hybridized carbons (Fsp3) is 1.00. The number of hydrogen-bond acceptors (Lipinski definition) is 0. The van der Waals surface area contributed by atoms with Crippen LogP contribution in [-0.2, 0) is 0 Å². The Morgan fingerprint density at radius 2 is 1.25 bits per heavy atom. The van der Waals surface area contributed by atoms with E-state index in [1.54, 1.807) is 0 Å². The SMILES string of the molecule is Cl[C@@H]1C2CC(C2)[C@H]1Cl. The topological polar surface area (TPSA) is 0 Å². The fourth-order valence-electron chi connectivity index (χ4n) is 1.75. The van der Waals surface area contributed by atoms with E-state index in [-0.39, 0.29) is 0 Å². The standard InChI is InChI=1S/C6H8Cl2/c7-5-3-1-4(2-3)6(5)8/h3-6H,1-2H2/t3?,4?,5-,6-/m1/s1. The second-order valence-electron chi connectivity index (χ2n) is 2.88. The number of rotatable bonds is 0. The Bertz CT molecular complexity index is 95.1. The number of fused-ring (bicyclic) bond motifs is 1. The van der Waals surface area contributed by atoms with Crippen LogP contribution >= 0.6 is 23.2 Å². The van der Waals surface area contributed by atoms with E-state index in [0.717, 1.165) is 11.8 Å². The molecule has 0 nitrogen and oxygen atoms in total. The smallest absolute Gasteiger partial charge is 0.0530 e. The lowest BCUT2D eigenvalue weighted by Gasteiger charge is -2.22. The van der Waals surface area contributed by atoms with Gasteiger partial charge in [0.2, 0.25) is 0 Å². The summed E-state index contributed by atoms with van der Waals surface area (Å²) in [4.78, 5) is 0. The molecule has 0 aromatic rings. The van der Waals surface area contributed by atoms with Crippen LogP contribution in [0, 0.1) is 11.8 Å². The third-order valence-corrected chi connectivity index (χ3v) is 3.80. The average Bonchev–Trinajstić information content (AvgIpc) is 1.89. The van der Waals surface area contributed by atoms with Crippen molar-refractivity contribution in [3.8, 4) is 0 Å². The quantitative estimate of drug-likeness (QED) is 0.465. The van der Waals surface area contributed by atoms with Crippen molar-refractivity contribution in [2.45, 2.75) is 23.6 Å². The molecular weight excluding hydrogens is 143 g/mol. The van der Waals surface area contributed by atoms with Crippen LogP contribution in [0.2, 0.25) is 0 Å². The first kappa shape index (κ1) is 5.37. The van der Waals surface area contributed by atoms with Gasteiger partial charge in [0, 0.05) is 0 Å². The molecule has 0 aromatic heterocycles. The summed E-state index contributed by atoms with van der Waals surface area (Å²) < 4.78 is 0. The van der Waals surface area contributed by atoms with Gasteiger partial charge >= 0.3 is 0 Å². The third kappa shape index (κ3) is 0.484. The molecular formula is C6H8Cl2. The Kier molecular flexibility index (Phi) is 1.04. The summed E-state index contributed by atoms with van der Waals surface area (Å²) in [6.07, 6.45) is 2.59. The van der Waals surface area contributed by atoms with Crippen molar-refractivity contribution in [3.63, 3.8) is 0 Å². The molecule has 3 aliphatic rings. The molecule has 3 saturated carbocycles. The molecule has 2 heteroatoms. The lowest BCUT2D eigenvalue weighted by atomic mass is 9.85. The highest BCUT2D eigenvalue weighted by atomic mass is 35.5. The molecule has 0 saturated heterocycles. The summed E-state index contributed by atoms with van der Waals surface area (Å²) in [5.74, 6) is 1.54. The van der Waals surface area contributed by atoms with E-state index >= 15 is 0 Å². The van der Waals surface area contributed by atoms with Gasteiger partial charge in [0.25, 0.3) is 0 Å². The molecule has 8 heavy (non-hydrogen) atoms. The molecule has 46 valence electrons. The van der Waals surface area contributed by atoms with Crippen LogP contribution in [0.4, 0.5) is 0 Å². The maximum atomic E-state index is 5.92. The van der Waals surface area contributed by atoms with Crippen LogP contribution in [0.5, 0.6) is 0 Å². The van der Waals surface area contributed by atoms with Gasteiger partial charge in [0.1, 0.15) is 0 Å². The predicted molar refractivity (Wildman–Crippen MR) is 35.5 cm³/mol. The van der Waals surface area contributed by atoms with E-state index in [1.807, 2.05) is 0 Å². The van der Waals surface area contributed by atoms with Crippen LogP contribution in [-0.4, -0.2) is 10.8 Å². The first-order valence-corrected chi connectivity index (χ1v) is 3.94. The number of halogens is 2. The highest BCUT2D eigenvalue weighted by Crippen LogP contribution is 2.53. The van der Waals surface area contributed by atoms with E-state index < -0.39 is 0 Å². The fourth-order valence-corrected chi connectivity index (χ4v) is 2.57. The highest BCUT2D eigenvalue weighted by Gasteiger charge is 2.50. The van der Waals surface area contributed by atoms with Gasteiger partial charge in [-0.2, -0.15) is 0 Å². The van der Waals surface area contributed by atoms with Gasteiger partial charge in [-0.1, -0.05) is 0 Å². The molecule has 0 aromatic carbocycles. The maximum absolute atomic E-state index is 5.92. The third-order valence-electron chi connectivity index (χ3n) is 2.42. The average molecular weight is 151 g/mol. The Labute approximate surface area is 59.2 Å². The lowest BCUT2D eigenvalue weighted by Crippen LogP contribution is -2.14. The summed E-state index contributed by atoms with van der Waals surface area (Å²) >= 11 is 11.8. The van der Waals surface area contributed by atoms with Gasteiger partial charge in [-0.05, 0) is 24.7 Å². The second kappa shape index (κ2) is 1.54. The number of alkyl halides is 2. The van der Waals surface area contributed by atoms with E-state index in [0.29, 0.717) is 10.8 Å². The molecule has 0 amide bonds. The van der Waals surface area contributed by atoms with Gasteiger partial charge in [-0.25, -0.2) is 0 Å². The van der Waals surface area contributed by atoms with E-state index in [2.05, 4.69) is 0 Å². The van der Waals surface area contributed by atoms with E-state index in [4.69, 9.17) is 23.2 Å². The molecule has 3 rings (SSSR count). The minimum Gasteiger partial charge on any atom is -0.121 e. The lowest BCUT2D eigenvalue weighted by molar-refractivity contribution is 0.306. The van der Waals surface area contributed by atoms with Crippen LogP contribution < -0.4 is 0 Å². The second-order valence-corrected chi connectivity index (χ2v) is 3.89. The Balaban J connectivity index is 2.16. The summed E-state index contributed by atoms with van der Waals surface area (Å²) in [5.41, 5.74) is 0. The predicted octanol–water partition coefficient (Wildman–Crippen LogP) is 2.24. The maximum Gasteiger partial charge on any atom is 0.0530 e. The minimum absolute atomic E-state index is 0.293. The summed E-state index contributed by atoms with van der Waals surface area (Å²) in [5, 5.41) is 0.586. The summed E-state index contributed by atoms with van der Waals surface area (Å²) in [6.45, 7) is 0. The largest absolute Gasteiger partial charge is 0.121 e. The van der Waals surface area contributed by atoms with Gasteiger partial charge < -0.3 is 0 Å². The van der Waals surface area contributed by atoms with Gasteiger partial charge in [-0.3, -0.25) is 0 Å². The summed E-state index contributed by atoms with van der Waals surface area (Å²) in [7, 11) is 0. The van der Waals surface area contributed by atoms with Crippen LogP contribution in [0.1, 0.15) is 12.8 Å². The monoisotopic (exact) mass is 150 g/mol. The Hall–Kier alpha value is 0.580. The normalized spacial score (nSPS) is 60.8. The molecule has 0 spiro atoms. The molecule has 0 unspecified atom stereocenters. The van der Waals surface area contributed by atoms with Crippen molar-refractivity contribution in [1.82, 2.24) is 0 Å². The van der Waals surface area contributed by atoms with Gasteiger partial charge in [0.05, 0.1) is 10.8 Å². The first-order valence-electron chi connectivity index (χ1n) is 3.07. The van der Waals surface area contributed by atoms with Crippen molar-refractivity contribution in [2.75, 3.05) is 0 Å². The zero-order valence-corrected chi connectivity index (χ0v) is 5.99.